The van der Waals surface area contributed by atoms with E-state index in [0.717, 1.165) is 5.56 Å². The largest absolute Gasteiger partial charge is 0.493 e. The summed E-state index contributed by atoms with van der Waals surface area (Å²) in [4.78, 5) is 29.1. The molecule has 6 nitrogen and oxygen atoms in total. The van der Waals surface area contributed by atoms with Crippen molar-refractivity contribution in [1.82, 2.24) is 0 Å². The molecule has 158 valence electrons. The number of hydrogen-bond donors (Lipinski definition) is 0. The molecule has 0 radical (unpaired) electrons. The summed E-state index contributed by atoms with van der Waals surface area (Å²) in [5.74, 6) is -0.0644. The molecule has 0 N–H and O–H groups in total. The van der Waals surface area contributed by atoms with E-state index in [1.807, 2.05) is 47.4 Å². The third-order valence-corrected chi connectivity index (χ3v) is 5.64. The molecular formula is C25H23NO5. The number of nitrogens with zero attached hydrogens (tertiary/aromatic N) is 1. The Morgan fingerprint density at radius 1 is 0.871 bits per heavy atom. The minimum Gasteiger partial charge on any atom is -0.493 e. The van der Waals surface area contributed by atoms with Crippen molar-refractivity contribution in [2.24, 2.45) is 0 Å². The summed E-state index contributed by atoms with van der Waals surface area (Å²) in [6.45, 7) is 0.340. The molecule has 0 aromatic heterocycles. The number of rotatable bonds is 6. The van der Waals surface area contributed by atoms with Gasteiger partial charge in [-0.3, -0.25) is 4.79 Å². The van der Waals surface area contributed by atoms with Gasteiger partial charge in [0.15, 0.2) is 11.5 Å². The number of ketones is 1. The maximum atomic E-state index is 13.9. The number of fused-ring (bicyclic) bond motifs is 1. The molecule has 0 saturated heterocycles. The van der Waals surface area contributed by atoms with Gasteiger partial charge in [-0.1, -0.05) is 48.5 Å². The van der Waals surface area contributed by atoms with Gasteiger partial charge < -0.3 is 19.1 Å². The minimum atomic E-state index is -1.69. The fraction of sp³-hybridized carbons (Fsp3) is 0.200. The van der Waals surface area contributed by atoms with Gasteiger partial charge in [-0.05, 0) is 29.8 Å². The van der Waals surface area contributed by atoms with E-state index in [9.17, 15) is 9.59 Å². The van der Waals surface area contributed by atoms with Crippen molar-refractivity contribution in [1.29, 1.82) is 0 Å². The predicted molar refractivity (Wildman–Crippen MR) is 117 cm³/mol. The fourth-order valence-corrected chi connectivity index (χ4v) is 4.19. The number of carbonyl (C=O) groups excluding carboxylic acids is 2. The second kappa shape index (κ2) is 8.14. The average molecular weight is 417 g/mol. The highest BCUT2D eigenvalue weighted by Gasteiger charge is 2.59. The normalized spacial score (nSPS) is 17.3. The van der Waals surface area contributed by atoms with Gasteiger partial charge in [-0.2, -0.15) is 0 Å². The first-order valence-corrected chi connectivity index (χ1v) is 9.84. The Morgan fingerprint density at radius 3 is 2.23 bits per heavy atom. The van der Waals surface area contributed by atoms with Crippen molar-refractivity contribution >= 4 is 17.4 Å². The van der Waals surface area contributed by atoms with Crippen LogP contribution < -0.4 is 14.4 Å². The third kappa shape index (κ3) is 3.11. The zero-order valence-electron chi connectivity index (χ0n) is 17.6. The Kier molecular flexibility index (Phi) is 5.38. The van der Waals surface area contributed by atoms with E-state index in [0.29, 0.717) is 34.9 Å². The van der Waals surface area contributed by atoms with Gasteiger partial charge in [0.1, 0.15) is 0 Å². The highest BCUT2D eigenvalue weighted by Crippen LogP contribution is 2.48. The Balaban J connectivity index is 1.98. The molecule has 0 fully saturated rings. The van der Waals surface area contributed by atoms with Crippen LogP contribution in [-0.4, -0.2) is 33.1 Å². The number of benzene rings is 3. The summed E-state index contributed by atoms with van der Waals surface area (Å²) in [6.07, 6.45) is 0. The van der Waals surface area contributed by atoms with Crippen LogP contribution in [0.15, 0.2) is 72.8 Å². The smallest absolute Gasteiger partial charge is 0.344 e. The maximum Gasteiger partial charge on any atom is 0.344 e. The van der Waals surface area contributed by atoms with Crippen LogP contribution in [-0.2, 0) is 21.6 Å². The monoisotopic (exact) mass is 417 g/mol. The lowest BCUT2D eigenvalue weighted by Crippen LogP contribution is -2.54. The molecule has 0 bridgehead atoms. The SMILES string of the molecule is COC(=O)[C@@]1(c2ccc(OC)c(OC)c2)C(=O)c2ccccc2N1Cc1ccccc1. The zero-order chi connectivity index (χ0) is 22.0. The van der Waals surface area contributed by atoms with Crippen molar-refractivity contribution in [2.45, 2.75) is 12.1 Å². The molecule has 0 spiro atoms. The highest BCUT2D eigenvalue weighted by molar-refractivity contribution is 6.25. The van der Waals surface area contributed by atoms with Crippen molar-refractivity contribution in [3.63, 3.8) is 0 Å². The van der Waals surface area contributed by atoms with E-state index in [1.54, 1.807) is 30.3 Å². The first kappa shape index (κ1) is 20.5. The van der Waals surface area contributed by atoms with Crippen LogP contribution in [0.5, 0.6) is 11.5 Å². The second-order valence-electron chi connectivity index (χ2n) is 7.19. The number of para-hydroxylation sites is 1. The van der Waals surface area contributed by atoms with Crippen LogP contribution in [0.25, 0.3) is 0 Å². The van der Waals surface area contributed by atoms with Gasteiger partial charge in [-0.25, -0.2) is 4.79 Å². The van der Waals surface area contributed by atoms with Crippen LogP contribution in [0.2, 0.25) is 0 Å². The van der Waals surface area contributed by atoms with Gasteiger partial charge in [0.25, 0.3) is 0 Å². The van der Waals surface area contributed by atoms with Crippen molar-refractivity contribution in [2.75, 3.05) is 26.2 Å². The Labute approximate surface area is 181 Å². The molecule has 4 rings (SSSR count). The van der Waals surface area contributed by atoms with E-state index in [1.165, 1.54) is 21.3 Å². The molecule has 1 aliphatic heterocycles. The molecule has 6 heteroatoms. The fourth-order valence-electron chi connectivity index (χ4n) is 4.19. The zero-order valence-corrected chi connectivity index (χ0v) is 17.6. The summed E-state index contributed by atoms with van der Waals surface area (Å²) in [6, 6.07) is 22.0. The molecule has 0 saturated carbocycles. The summed E-state index contributed by atoms with van der Waals surface area (Å²) >= 11 is 0. The summed E-state index contributed by atoms with van der Waals surface area (Å²) in [5, 5.41) is 0. The van der Waals surface area contributed by atoms with Gasteiger partial charge in [0.05, 0.1) is 21.3 Å². The van der Waals surface area contributed by atoms with Gasteiger partial charge >= 0.3 is 5.97 Å². The number of ether oxygens (including phenoxy) is 3. The molecule has 0 unspecified atom stereocenters. The summed E-state index contributed by atoms with van der Waals surface area (Å²) in [7, 11) is 4.34. The highest BCUT2D eigenvalue weighted by atomic mass is 16.5. The standard InChI is InChI=1S/C25H23NO5/c1-29-21-14-13-18(15-22(21)30-2)25(24(28)31-3)23(27)19-11-7-8-12-20(19)26(25)16-17-9-5-4-6-10-17/h4-15H,16H2,1-3H3/t25-/m1/s1. The number of anilines is 1. The van der Waals surface area contributed by atoms with E-state index in [2.05, 4.69) is 0 Å². The lowest BCUT2D eigenvalue weighted by atomic mass is 9.84. The van der Waals surface area contributed by atoms with E-state index < -0.39 is 11.5 Å². The van der Waals surface area contributed by atoms with Gasteiger partial charge in [0, 0.05) is 23.4 Å². The first-order valence-electron chi connectivity index (χ1n) is 9.84. The van der Waals surface area contributed by atoms with E-state index in [-0.39, 0.29) is 5.78 Å². The van der Waals surface area contributed by atoms with Crippen LogP contribution in [0, 0.1) is 0 Å². The molecule has 3 aromatic rings. The van der Waals surface area contributed by atoms with Crippen LogP contribution in [0.1, 0.15) is 21.5 Å². The topological polar surface area (TPSA) is 65.1 Å². The molecular weight excluding hydrogens is 394 g/mol. The van der Waals surface area contributed by atoms with E-state index in [4.69, 9.17) is 14.2 Å². The molecule has 0 amide bonds. The molecule has 1 aliphatic rings. The van der Waals surface area contributed by atoms with Crippen molar-refractivity contribution < 1.29 is 23.8 Å². The number of esters is 1. The number of Topliss-reactive ketones (excluding diaryl/α,β-unsaturated/α-hetero) is 1. The lowest BCUT2D eigenvalue weighted by molar-refractivity contribution is -0.145. The third-order valence-electron chi connectivity index (χ3n) is 5.64. The first-order chi connectivity index (χ1) is 15.1. The maximum absolute atomic E-state index is 13.9. The van der Waals surface area contributed by atoms with Gasteiger partial charge in [-0.15, -0.1) is 0 Å². The molecule has 0 aliphatic carbocycles. The van der Waals surface area contributed by atoms with Crippen LogP contribution in [0.4, 0.5) is 5.69 Å². The summed E-state index contributed by atoms with van der Waals surface area (Å²) < 4.78 is 16.0. The second-order valence-corrected chi connectivity index (χ2v) is 7.19. The molecule has 1 atom stereocenters. The number of carbonyl (C=O) groups is 2. The number of hydrogen-bond acceptors (Lipinski definition) is 6. The molecule has 3 aromatic carbocycles. The number of methoxy groups -OCH3 is 3. The quantitative estimate of drug-likeness (QED) is 0.447. The molecule has 31 heavy (non-hydrogen) atoms. The Hall–Kier alpha value is -3.80. The predicted octanol–water partition coefficient (Wildman–Crippen LogP) is 3.98. The van der Waals surface area contributed by atoms with Crippen LogP contribution in [0.3, 0.4) is 0 Å². The van der Waals surface area contributed by atoms with Crippen LogP contribution >= 0.6 is 0 Å². The average Bonchev–Trinajstić information content (AvgIpc) is 3.07. The van der Waals surface area contributed by atoms with Crippen molar-refractivity contribution in [3.8, 4) is 11.5 Å². The molecule has 1 heterocycles. The van der Waals surface area contributed by atoms with Gasteiger partial charge in [0.2, 0.25) is 11.3 Å². The summed E-state index contributed by atoms with van der Waals surface area (Å²) in [5.41, 5.74) is 0.874. The minimum absolute atomic E-state index is 0.335. The van der Waals surface area contributed by atoms with Crippen molar-refractivity contribution in [3.05, 3.63) is 89.5 Å². The Morgan fingerprint density at radius 2 is 1.55 bits per heavy atom. The Bertz CT molecular complexity index is 1130. The lowest BCUT2D eigenvalue weighted by Gasteiger charge is -2.37. The van der Waals surface area contributed by atoms with E-state index >= 15 is 0 Å².